The van der Waals surface area contributed by atoms with Crippen molar-refractivity contribution in [3.8, 4) is 0 Å². The molecule has 2 aromatic rings. The molecule has 1 N–H and O–H groups in total. The molecular weight excluding hydrogens is 266 g/mol. The summed E-state index contributed by atoms with van der Waals surface area (Å²) in [6.45, 7) is 3.09. The quantitative estimate of drug-likeness (QED) is 0.884. The van der Waals surface area contributed by atoms with Crippen LogP contribution in [0.4, 0.5) is 5.82 Å². The van der Waals surface area contributed by atoms with Crippen molar-refractivity contribution < 1.29 is 0 Å². The van der Waals surface area contributed by atoms with Crippen LogP contribution in [0.1, 0.15) is 12.5 Å². The van der Waals surface area contributed by atoms with Crippen LogP contribution in [0, 0.1) is 0 Å². The Kier molecular flexibility index (Phi) is 5.26. The minimum absolute atomic E-state index is 0.469. The number of anilines is 1. The Bertz CT molecular complexity index is 571. The van der Waals surface area contributed by atoms with Crippen LogP contribution in [0.25, 0.3) is 10.8 Å². The van der Waals surface area contributed by atoms with Crippen LogP contribution in [0.5, 0.6) is 0 Å². The molecule has 0 fully saturated rings. The van der Waals surface area contributed by atoms with Crippen molar-refractivity contribution in [1.29, 1.82) is 0 Å². The number of fused-ring (bicyclic) bond motifs is 1. The van der Waals surface area contributed by atoms with E-state index in [2.05, 4.69) is 54.7 Å². The zero-order chi connectivity index (χ0) is 14.5. The molecule has 20 heavy (non-hydrogen) atoms. The Hall–Kier alpha value is -1.26. The lowest BCUT2D eigenvalue weighted by atomic mass is 10.1. The lowest BCUT2D eigenvalue weighted by molar-refractivity contribution is 0.755. The summed E-state index contributed by atoms with van der Waals surface area (Å²) in [5, 5.41) is 5.73. The maximum absolute atomic E-state index is 4.71. The first kappa shape index (κ1) is 15.1. The van der Waals surface area contributed by atoms with Crippen molar-refractivity contribution in [1.82, 2.24) is 10.3 Å². The fourth-order valence-electron chi connectivity index (χ4n) is 2.41. The van der Waals surface area contributed by atoms with Crippen LogP contribution in [0.2, 0.25) is 0 Å². The monoisotopic (exact) mass is 289 g/mol. The second-order valence-electron chi connectivity index (χ2n) is 5.10. The van der Waals surface area contributed by atoms with Gasteiger partial charge < -0.3 is 10.2 Å². The number of pyridine rings is 1. The molecule has 0 aliphatic heterocycles. The second kappa shape index (κ2) is 6.95. The summed E-state index contributed by atoms with van der Waals surface area (Å²) >= 11 is 1.87. The summed E-state index contributed by atoms with van der Waals surface area (Å²) in [6.07, 6.45) is 4.14. The molecule has 1 unspecified atom stereocenters. The molecule has 0 amide bonds. The van der Waals surface area contributed by atoms with Crippen molar-refractivity contribution in [2.45, 2.75) is 19.5 Å². The molecule has 0 spiro atoms. The van der Waals surface area contributed by atoms with Crippen LogP contribution < -0.4 is 10.2 Å². The highest BCUT2D eigenvalue weighted by Gasteiger charge is 2.14. The highest BCUT2D eigenvalue weighted by atomic mass is 32.2. The minimum atomic E-state index is 0.469. The number of hydrogen-bond donors (Lipinski definition) is 1. The standard InChI is InChI=1S/C16H23N3S/c1-12(11-20-4)19(3)16-15-8-6-5-7-14(15)13(9-17-2)10-18-16/h5-8,10,12,17H,9,11H2,1-4H3. The summed E-state index contributed by atoms with van der Waals surface area (Å²) in [7, 11) is 4.10. The van der Waals surface area contributed by atoms with Crippen LogP contribution in [-0.4, -0.2) is 37.1 Å². The third-order valence-corrected chi connectivity index (χ3v) is 4.44. The highest BCUT2D eigenvalue weighted by Crippen LogP contribution is 2.27. The number of nitrogens with zero attached hydrogens (tertiary/aromatic N) is 2. The number of benzene rings is 1. The molecule has 2 rings (SSSR count). The van der Waals surface area contributed by atoms with E-state index < -0.39 is 0 Å². The Balaban J connectivity index is 2.47. The number of rotatable bonds is 6. The van der Waals surface area contributed by atoms with Crippen LogP contribution in [0.15, 0.2) is 30.5 Å². The van der Waals surface area contributed by atoms with Gasteiger partial charge >= 0.3 is 0 Å². The zero-order valence-corrected chi connectivity index (χ0v) is 13.5. The van der Waals surface area contributed by atoms with Gasteiger partial charge in [0, 0.05) is 37.0 Å². The average Bonchev–Trinajstić information content (AvgIpc) is 2.47. The summed E-state index contributed by atoms with van der Waals surface area (Å²) in [5.41, 5.74) is 1.25. The van der Waals surface area contributed by atoms with Gasteiger partial charge in [-0.25, -0.2) is 4.98 Å². The Labute approximate surface area is 125 Å². The van der Waals surface area contributed by atoms with E-state index in [1.54, 1.807) is 0 Å². The van der Waals surface area contributed by atoms with Crippen molar-refractivity contribution in [3.05, 3.63) is 36.0 Å². The average molecular weight is 289 g/mol. The first-order valence-electron chi connectivity index (χ1n) is 6.92. The van der Waals surface area contributed by atoms with Gasteiger partial charge in [0.15, 0.2) is 0 Å². The van der Waals surface area contributed by atoms with E-state index in [4.69, 9.17) is 4.98 Å². The van der Waals surface area contributed by atoms with Crippen molar-refractivity contribution in [2.75, 3.05) is 31.0 Å². The van der Waals surface area contributed by atoms with Crippen molar-refractivity contribution in [3.63, 3.8) is 0 Å². The SMILES string of the molecule is CNCc1cnc(N(C)C(C)CSC)c2ccccc12. The highest BCUT2D eigenvalue weighted by molar-refractivity contribution is 7.98. The summed E-state index contributed by atoms with van der Waals surface area (Å²) in [4.78, 5) is 6.99. The largest absolute Gasteiger partial charge is 0.356 e. The van der Waals surface area contributed by atoms with Gasteiger partial charge in [-0.2, -0.15) is 11.8 Å². The van der Waals surface area contributed by atoms with E-state index in [0.29, 0.717) is 6.04 Å². The van der Waals surface area contributed by atoms with Crippen LogP contribution in [-0.2, 0) is 6.54 Å². The van der Waals surface area contributed by atoms with Crippen LogP contribution >= 0.6 is 11.8 Å². The predicted molar refractivity (Wildman–Crippen MR) is 90.8 cm³/mol. The van der Waals surface area contributed by atoms with E-state index in [1.165, 1.54) is 16.3 Å². The lowest BCUT2D eigenvalue weighted by Gasteiger charge is -2.27. The van der Waals surface area contributed by atoms with E-state index in [-0.39, 0.29) is 0 Å². The molecule has 1 atom stereocenters. The molecule has 0 bridgehead atoms. The van der Waals surface area contributed by atoms with Gasteiger partial charge in [-0.05, 0) is 31.2 Å². The van der Waals surface area contributed by atoms with E-state index in [1.807, 2.05) is 25.0 Å². The predicted octanol–water partition coefficient (Wildman–Crippen LogP) is 3.14. The fourth-order valence-corrected chi connectivity index (χ4v) is 3.12. The second-order valence-corrected chi connectivity index (χ2v) is 6.01. The van der Waals surface area contributed by atoms with Crippen LogP contribution in [0.3, 0.4) is 0 Å². The summed E-state index contributed by atoms with van der Waals surface area (Å²) in [6, 6.07) is 9.00. The molecule has 0 aliphatic carbocycles. The first-order chi connectivity index (χ1) is 9.69. The molecule has 0 radical (unpaired) electrons. The molecule has 4 heteroatoms. The smallest absolute Gasteiger partial charge is 0.136 e. The van der Waals surface area contributed by atoms with Gasteiger partial charge in [-0.3, -0.25) is 0 Å². The number of nitrogens with one attached hydrogen (secondary N) is 1. The number of aromatic nitrogens is 1. The van der Waals surface area contributed by atoms with E-state index >= 15 is 0 Å². The third-order valence-electron chi connectivity index (χ3n) is 3.63. The molecule has 0 saturated heterocycles. The Morgan fingerprint density at radius 2 is 2.00 bits per heavy atom. The third kappa shape index (κ3) is 3.07. The number of thioether (sulfide) groups is 1. The molecule has 1 aromatic heterocycles. The maximum Gasteiger partial charge on any atom is 0.136 e. The van der Waals surface area contributed by atoms with E-state index in [0.717, 1.165) is 18.1 Å². The van der Waals surface area contributed by atoms with Gasteiger partial charge in [-0.1, -0.05) is 24.3 Å². The van der Waals surface area contributed by atoms with Gasteiger partial charge in [-0.15, -0.1) is 0 Å². The minimum Gasteiger partial charge on any atom is -0.356 e. The fraction of sp³-hybridized carbons (Fsp3) is 0.438. The molecule has 1 aromatic carbocycles. The molecular formula is C16H23N3S. The normalized spacial score (nSPS) is 12.6. The van der Waals surface area contributed by atoms with Crippen molar-refractivity contribution in [2.24, 2.45) is 0 Å². The first-order valence-corrected chi connectivity index (χ1v) is 8.31. The van der Waals surface area contributed by atoms with Crippen molar-refractivity contribution >= 4 is 28.4 Å². The lowest BCUT2D eigenvalue weighted by Crippen LogP contribution is -2.31. The molecule has 3 nitrogen and oxygen atoms in total. The van der Waals surface area contributed by atoms with Gasteiger partial charge in [0.25, 0.3) is 0 Å². The Morgan fingerprint density at radius 3 is 2.65 bits per heavy atom. The zero-order valence-electron chi connectivity index (χ0n) is 12.7. The molecule has 0 aliphatic rings. The van der Waals surface area contributed by atoms with Gasteiger partial charge in [0.1, 0.15) is 5.82 Å². The van der Waals surface area contributed by atoms with Gasteiger partial charge in [0.2, 0.25) is 0 Å². The molecule has 0 saturated carbocycles. The summed E-state index contributed by atoms with van der Waals surface area (Å²) in [5.74, 6) is 2.17. The van der Waals surface area contributed by atoms with Gasteiger partial charge in [0.05, 0.1) is 0 Å². The molecule has 108 valence electrons. The molecule has 1 heterocycles. The maximum atomic E-state index is 4.71. The number of hydrogen-bond acceptors (Lipinski definition) is 4. The topological polar surface area (TPSA) is 28.2 Å². The summed E-state index contributed by atoms with van der Waals surface area (Å²) < 4.78 is 0. The van der Waals surface area contributed by atoms with E-state index in [9.17, 15) is 0 Å². The Morgan fingerprint density at radius 1 is 1.30 bits per heavy atom.